The predicted octanol–water partition coefficient (Wildman–Crippen LogP) is 1.87. The number of amides is 1. The van der Waals surface area contributed by atoms with Crippen molar-refractivity contribution in [3.05, 3.63) is 11.5 Å². The van der Waals surface area contributed by atoms with E-state index >= 15 is 0 Å². The van der Waals surface area contributed by atoms with E-state index in [1.165, 1.54) is 0 Å². The fraction of sp³-hybridized carbons (Fsp3) is 0.583. The summed E-state index contributed by atoms with van der Waals surface area (Å²) in [7, 11) is 0. The summed E-state index contributed by atoms with van der Waals surface area (Å²) in [4.78, 5) is 27.1. The molecule has 1 aliphatic rings. The molecule has 1 aromatic heterocycles. The number of imidazole rings is 1. The molecule has 2 N–H and O–H groups in total. The lowest BCUT2D eigenvalue weighted by atomic mass is 10.2. The second-order valence-corrected chi connectivity index (χ2v) is 5.41. The van der Waals surface area contributed by atoms with Crippen molar-refractivity contribution in [3.63, 3.8) is 0 Å². The first kappa shape index (κ1) is 13.4. The zero-order valence-corrected chi connectivity index (χ0v) is 11.2. The molecule has 0 aromatic carbocycles. The summed E-state index contributed by atoms with van der Waals surface area (Å²) in [5.41, 5.74) is -0.453. The van der Waals surface area contributed by atoms with Gasteiger partial charge < -0.3 is 14.4 Å². The maximum absolute atomic E-state index is 12.2. The number of esters is 1. The molecule has 0 spiro atoms. The molecule has 2 rings (SSSR count). The van der Waals surface area contributed by atoms with E-state index in [1.54, 1.807) is 25.3 Å². The average Bonchev–Trinajstić information content (AvgIpc) is 2.72. The van der Waals surface area contributed by atoms with E-state index in [0.29, 0.717) is 12.4 Å². The van der Waals surface area contributed by atoms with Crippen molar-refractivity contribution >= 4 is 17.9 Å². The number of hydrogen-bond donors (Lipinski definition) is 2. The summed E-state index contributed by atoms with van der Waals surface area (Å²) in [6.45, 7) is 5.93. The van der Waals surface area contributed by atoms with Crippen LogP contribution in [0.5, 0.6) is 0 Å². The van der Waals surface area contributed by atoms with Crippen LogP contribution in [0.15, 0.2) is 0 Å². The molecule has 1 aliphatic heterocycles. The molecular weight excluding hydrogens is 250 g/mol. The Kier molecular flexibility index (Phi) is 3.21. The molecular formula is C12H17N3O4. The zero-order valence-electron chi connectivity index (χ0n) is 11.2. The number of carboxylic acid groups (broad SMARTS) is 1. The number of anilines is 1. The Bertz CT molecular complexity index is 528. The van der Waals surface area contributed by atoms with Crippen LogP contribution in [-0.2, 0) is 17.7 Å². The van der Waals surface area contributed by atoms with E-state index in [4.69, 9.17) is 9.84 Å². The largest absolute Gasteiger partial charge is 0.465 e. The highest BCUT2D eigenvalue weighted by Gasteiger charge is 2.30. The standard InChI is InChI=1S/C12H17N3O4/c1-12(2,3)19-10(16)8-9(14-11(17)18)13-7-5-4-6-15(7)8/h14H,4-6H2,1-3H3,(H,17,18). The van der Waals surface area contributed by atoms with Crippen LogP contribution in [0.3, 0.4) is 0 Å². The van der Waals surface area contributed by atoms with Crippen LogP contribution in [0.25, 0.3) is 0 Å². The smallest absolute Gasteiger partial charge is 0.410 e. The molecule has 0 saturated carbocycles. The van der Waals surface area contributed by atoms with E-state index in [0.717, 1.165) is 12.8 Å². The quantitative estimate of drug-likeness (QED) is 0.798. The summed E-state index contributed by atoms with van der Waals surface area (Å²) in [6, 6.07) is 0. The first-order valence-electron chi connectivity index (χ1n) is 6.10. The first-order chi connectivity index (χ1) is 8.78. The van der Waals surface area contributed by atoms with Gasteiger partial charge in [0.2, 0.25) is 0 Å². The fourth-order valence-electron chi connectivity index (χ4n) is 2.05. The number of rotatable bonds is 2. The van der Waals surface area contributed by atoms with Gasteiger partial charge in [-0.25, -0.2) is 14.6 Å². The summed E-state index contributed by atoms with van der Waals surface area (Å²) < 4.78 is 7.02. The number of carbonyl (C=O) groups is 2. The van der Waals surface area contributed by atoms with Gasteiger partial charge >= 0.3 is 12.1 Å². The molecule has 0 atom stereocenters. The van der Waals surface area contributed by atoms with Crippen molar-refractivity contribution in [3.8, 4) is 0 Å². The van der Waals surface area contributed by atoms with Crippen molar-refractivity contribution in [2.45, 2.75) is 45.8 Å². The van der Waals surface area contributed by atoms with E-state index < -0.39 is 17.7 Å². The Morgan fingerprint density at radius 2 is 2.11 bits per heavy atom. The predicted molar refractivity (Wildman–Crippen MR) is 67.4 cm³/mol. The van der Waals surface area contributed by atoms with Crippen molar-refractivity contribution in [1.82, 2.24) is 9.55 Å². The van der Waals surface area contributed by atoms with Crippen LogP contribution < -0.4 is 5.32 Å². The molecule has 0 aliphatic carbocycles. The van der Waals surface area contributed by atoms with E-state index in [9.17, 15) is 9.59 Å². The normalized spacial score (nSPS) is 14.1. The summed E-state index contributed by atoms with van der Waals surface area (Å²) in [6.07, 6.45) is 0.379. The Morgan fingerprint density at radius 1 is 1.42 bits per heavy atom. The van der Waals surface area contributed by atoms with Gasteiger partial charge in [0, 0.05) is 13.0 Å². The highest BCUT2D eigenvalue weighted by Crippen LogP contribution is 2.26. The maximum Gasteiger partial charge on any atom is 0.410 e. The number of carbonyl (C=O) groups excluding carboxylic acids is 1. The van der Waals surface area contributed by atoms with Crippen molar-refractivity contribution < 1.29 is 19.4 Å². The third-order valence-corrected chi connectivity index (χ3v) is 2.65. The minimum atomic E-state index is -1.25. The molecule has 7 heteroatoms. The van der Waals surface area contributed by atoms with Crippen molar-refractivity contribution in [1.29, 1.82) is 0 Å². The summed E-state index contributed by atoms with van der Waals surface area (Å²) in [5.74, 6) is 0.206. The monoisotopic (exact) mass is 267 g/mol. The van der Waals surface area contributed by atoms with Gasteiger partial charge in [0.25, 0.3) is 0 Å². The number of fused-ring (bicyclic) bond motifs is 1. The van der Waals surface area contributed by atoms with Crippen molar-refractivity contribution in [2.75, 3.05) is 5.32 Å². The Labute approximate surface area is 110 Å². The van der Waals surface area contributed by atoms with Crippen LogP contribution in [0.4, 0.5) is 10.6 Å². The van der Waals surface area contributed by atoms with Crippen LogP contribution in [0, 0.1) is 0 Å². The lowest BCUT2D eigenvalue weighted by molar-refractivity contribution is 0.00593. The van der Waals surface area contributed by atoms with Gasteiger partial charge in [-0.1, -0.05) is 0 Å². The Morgan fingerprint density at radius 3 is 2.68 bits per heavy atom. The lowest BCUT2D eigenvalue weighted by Gasteiger charge is -2.20. The van der Waals surface area contributed by atoms with E-state index in [1.807, 2.05) is 0 Å². The first-order valence-corrected chi connectivity index (χ1v) is 6.10. The average molecular weight is 267 g/mol. The molecule has 7 nitrogen and oxygen atoms in total. The second kappa shape index (κ2) is 4.56. The second-order valence-electron chi connectivity index (χ2n) is 5.41. The molecule has 0 radical (unpaired) electrons. The molecule has 104 valence electrons. The molecule has 1 aromatic rings. The number of hydrogen-bond acceptors (Lipinski definition) is 4. The number of ether oxygens (including phenoxy) is 1. The molecule has 2 heterocycles. The summed E-state index contributed by atoms with van der Waals surface area (Å²) >= 11 is 0. The minimum Gasteiger partial charge on any atom is -0.465 e. The molecule has 0 saturated heterocycles. The molecule has 0 fully saturated rings. The molecule has 19 heavy (non-hydrogen) atoms. The molecule has 0 bridgehead atoms. The van der Waals surface area contributed by atoms with Crippen LogP contribution in [0.1, 0.15) is 43.5 Å². The summed E-state index contributed by atoms with van der Waals surface area (Å²) in [5, 5.41) is 10.9. The number of aryl methyl sites for hydroxylation is 1. The van der Waals surface area contributed by atoms with Gasteiger partial charge in [-0.15, -0.1) is 0 Å². The highest BCUT2D eigenvalue weighted by molar-refractivity contribution is 5.97. The highest BCUT2D eigenvalue weighted by atomic mass is 16.6. The SMILES string of the molecule is CC(C)(C)OC(=O)c1c(NC(=O)O)nc2n1CCC2. The van der Waals surface area contributed by atoms with Crippen LogP contribution in [0.2, 0.25) is 0 Å². The van der Waals surface area contributed by atoms with E-state index in [-0.39, 0.29) is 11.5 Å². The topological polar surface area (TPSA) is 93.4 Å². The number of nitrogens with one attached hydrogen (secondary N) is 1. The Balaban J connectivity index is 2.36. The van der Waals surface area contributed by atoms with Gasteiger partial charge in [-0.05, 0) is 27.2 Å². The number of nitrogens with zero attached hydrogens (tertiary/aromatic N) is 2. The Hall–Kier alpha value is -2.05. The number of aromatic nitrogens is 2. The van der Waals surface area contributed by atoms with E-state index in [2.05, 4.69) is 10.3 Å². The van der Waals surface area contributed by atoms with Crippen LogP contribution in [-0.4, -0.2) is 32.3 Å². The van der Waals surface area contributed by atoms with Gasteiger partial charge in [-0.3, -0.25) is 5.32 Å². The fourth-order valence-corrected chi connectivity index (χ4v) is 2.05. The van der Waals surface area contributed by atoms with Crippen molar-refractivity contribution in [2.24, 2.45) is 0 Å². The maximum atomic E-state index is 12.2. The zero-order chi connectivity index (χ0) is 14.2. The lowest BCUT2D eigenvalue weighted by Crippen LogP contribution is -2.26. The van der Waals surface area contributed by atoms with Gasteiger partial charge in [-0.2, -0.15) is 0 Å². The van der Waals surface area contributed by atoms with Gasteiger partial charge in [0.15, 0.2) is 11.5 Å². The molecule has 0 unspecified atom stereocenters. The third-order valence-electron chi connectivity index (χ3n) is 2.65. The van der Waals surface area contributed by atoms with Crippen LogP contribution >= 0.6 is 0 Å². The van der Waals surface area contributed by atoms with Gasteiger partial charge in [0.05, 0.1) is 0 Å². The third kappa shape index (κ3) is 2.86. The minimum absolute atomic E-state index is 0.0523. The van der Waals surface area contributed by atoms with Gasteiger partial charge in [0.1, 0.15) is 11.4 Å². The molecule has 1 amide bonds.